The second-order valence-corrected chi connectivity index (χ2v) is 5.85. The smallest absolute Gasteiger partial charge is 0.162 e. The van der Waals surface area contributed by atoms with Crippen LogP contribution in [0.15, 0.2) is 12.1 Å². The fourth-order valence-electron chi connectivity index (χ4n) is 3.08. The third kappa shape index (κ3) is 2.67. The van der Waals surface area contributed by atoms with Gasteiger partial charge in [0, 0.05) is 17.1 Å². The lowest BCUT2D eigenvalue weighted by Gasteiger charge is -2.29. The summed E-state index contributed by atoms with van der Waals surface area (Å²) >= 11 is 6.36. The molecule has 104 valence electrons. The van der Waals surface area contributed by atoms with Crippen LogP contribution in [0.5, 0.6) is 11.5 Å². The fraction of sp³-hybridized carbons (Fsp3) is 0.600. The molecule has 3 rings (SSSR count). The molecule has 1 atom stereocenters. The first-order chi connectivity index (χ1) is 9.25. The molecule has 1 heterocycles. The number of fused-ring (bicyclic) bond motifs is 1. The SMILES string of the molecule is NC(c1cc2c(cc1Cl)OCCO2)C1CCCCC1. The van der Waals surface area contributed by atoms with E-state index in [4.69, 9.17) is 26.8 Å². The quantitative estimate of drug-likeness (QED) is 0.899. The summed E-state index contributed by atoms with van der Waals surface area (Å²) < 4.78 is 11.2. The van der Waals surface area contributed by atoms with Gasteiger partial charge in [0.2, 0.25) is 0 Å². The van der Waals surface area contributed by atoms with Crippen molar-refractivity contribution in [2.24, 2.45) is 11.7 Å². The van der Waals surface area contributed by atoms with Gasteiger partial charge in [0.15, 0.2) is 11.5 Å². The second-order valence-electron chi connectivity index (χ2n) is 5.44. The highest BCUT2D eigenvalue weighted by atomic mass is 35.5. The molecule has 0 spiro atoms. The molecular weight excluding hydrogens is 262 g/mol. The van der Waals surface area contributed by atoms with Gasteiger partial charge in [-0.1, -0.05) is 30.9 Å². The zero-order chi connectivity index (χ0) is 13.2. The van der Waals surface area contributed by atoms with E-state index in [1.165, 1.54) is 32.1 Å². The fourth-order valence-corrected chi connectivity index (χ4v) is 3.36. The number of halogens is 1. The van der Waals surface area contributed by atoms with Gasteiger partial charge in [-0.25, -0.2) is 0 Å². The minimum absolute atomic E-state index is 0.00336. The molecule has 0 aromatic heterocycles. The van der Waals surface area contributed by atoms with Crippen molar-refractivity contribution in [1.29, 1.82) is 0 Å². The van der Waals surface area contributed by atoms with Crippen LogP contribution in [-0.2, 0) is 0 Å². The second kappa shape index (κ2) is 5.59. The highest BCUT2D eigenvalue weighted by molar-refractivity contribution is 6.31. The van der Waals surface area contributed by atoms with Crippen LogP contribution < -0.4 is 15.2 Å². The number of benzene rings is 1. The molecule has 1 aliphatic heterocycles. The summed E-state index contributed by atoms with van der Waals surface area (Å²) in [7, 11) is 0. The average molecular weight is 282 g/mol. The Morgan fingerprint density at radius 2 is 1.68 bits per heavy atom. The van der Waals surface area contributed by atoms with Crippen molar-refractivity contribution in [3.63, 3.8) is 0 Å². The average Bonchev–Trinajstić information content (AvgIpc) is 2.47. The lowest BCUT2D eigenvalue weighted by atomic mass is 9.81. The van der Waals surface area contributed by atoms with Gasteiger partial charge in [0.1, 0.15) is 13.2 Å². The van der Waals surface area contributed by atoms with Crippen LogP contribution in [0, 0.1) is 5.92 Å². The minimum Gasteiger partial charge on any atom is -0.486 e. The maximum absolute atomic E-state index is 6.42. The number of ether oxygens (including phenoxy) is 2. The molecule has 1 aliphatic carbocycles. The van der Waals surface area contributed by atoms with E-state index in [0.717, 1.165) is 17.1 Å². The molecule has 0 radical (unpaired) electrons. The summed E-state index contributed by atoms with van der Waals surface area (Å²) in [5.41, 5.74) is 7.42. The van der Waals surface area contributed by atoms with Gasteiger partial charge in [-0.3, -0.25) is 0 Å². The molecule has 1 unspecified atom stereocenters. The molecule has 3 nitrogen and oxygen atoms in total. The third-order valence-corrected chi connectivity index (χ3v) is 4.51. The summed E-state index contributed by atoms with van der Waals surface area (Å²) in [5.74, 6) is 2.04. The van der Waals surface area contributed by atoms with Gasteiger partial charge >= 0.3 is 0 Å². The topological polar surface area (TPSA) is 44.5 Å². The Hall–Kier alpha value is -0.930. The Morgan fingerprint density at radius 3 is 2.37 bits per heavy atom. The minimum atomic E-state index is 0.00336. The summed E-state index contributed by atoms with van der Waals surface area (Å²) in [4.78, 5) is 0. The molecule has 1 saturated carbocycles. The molecule has 2 aliphatic rings. The standard InChI is InChI=1S/C15H20ClNO2/c16-12-9-14-13(18-6-7-19-14)8-11(12)15(17)10-4-2-1-3-5-10/h8-10,15H,1-7,17H2. The van der Waals surface area contributed by atoms with Gasteiger partial charge in [-0.2, -0.15) is 0 Å². The Labute approximate surface area is 119 Å². The van der Waals surface area contributed by atoms with Crippen LogP contribution in [0.1, 0.15) is 43.7 Å². The first-order valence-corrected chi connectivity index (χ1v) is 7.48. The third-order valence-electron chi connectivity index (χ3n) is 4.18. The van der Waals surface area contributed by atoms with Crippen molar-refractivity contribution in [3.8, 4) is 11.5 Å². The monoisotopic (exact) mass is 281 g/mol. The lowest BCUT2D eigenvalue weighted by Crippen LogP contribution is -2.24. The van der Waals surface area contributed by atoms with E-state index >= 15 is 0 Å². The Kier molecular flexibility index (Phi) is 3.85. The molecule has 1 fully saturated rings. The summed E-state index contributed by atoms with van der Waals surface area (Å²) in [6.45, 7) is 1.17. The van der Waals surface area contributed by atoms with Crippen molar-refractivity contribution >= 4 is 11.6 Å². The van der Waals surface area contributed by atoms with Crippen molar-refractivity contribution in [3.05, 3.63) is 22.7 Å². The zero-order valence-electron chi connectivity index (χ0n) is 11.0. The molecule has 0 saturated heterocycles. The van der Waals surface area contributed by atoms with E-state index in [-0.39, 0.29) is 6.04 Å². The molecular formula is C15H20ClNO2. The van der Waals surface area contributed by atoms with Crippen LogP contribution in [0.2, 0.25) is 5.02 Å². The summed E-state index contributed by atoms with van der Waals surface area (Å²) in [6, 6.07) is 3.81. The van der Waals surface area contributed by atoms with Crippen LogP contribution in [0.3, 0.4) is 0 Å². The highest BCUT2D eigenvalue weighted by Gasteiger charge is 2.25. The predicted octanol–water partition coefficient (Wildman–Crippen LogP) is 3.69. The van der Waals surface area contributed by atoms with E-state index < -0.39 is 0 Å². The zero-order valence-corrected chi connectivity index (χ0v) is 11.8. The predicted molar refractivity (Wildman–Crippen MR) is 75.9 cm³/mol. The van der Waals surface area contributed by atoms with E-state index in [0.29, 0.717) is 24.2 Å². The highest BCUT2D eigenvalue weighted by Crippen LogP contribution is 2.41. The molecule has 2 N–H and O–H groups in total. The van der Waals surface area contributed by atoms with E-state index in [9.17, 15) is 0 Å². The normalized spacial score (nSPS) is 21.2. The summed E-state index contributed by atoms with van der Waals surface area (Å²) in [5, 5.41) is 0.697. The molecule has 1 aromatic rings. The molecule has 4 heteroatoms. The van der Waals surface area contributed by atoms with E-state index in [1.54, 1.807) is 0 Å². The Balaban J connectivity index is 1.86. The summed E-state index contributed by atoms with van der Waals surface area (Å²) in [6.07, 6.45) is 6.29. The van der Waals surface area contributed by atoms with Gasteiger partial charge in [0.05, 0.1) is 0 Å². The van der Waals surface area contributed by atoms with Gasteiger partial charge in [0.25, 0.3) is 0 Å². The van der Waals surface area contributed by atoms with Crippen LogP contribution in [-0.4, -0.2) is 13.2 Å². The maximum Gasteiger partial charge on any atom is 0.162 e. The van der Waals surface area contributed by atoms with Crippen molar-refractivity contribution in [2.75, 3.05) is 13.2 Å². The van der Waals surface area contributed by atoms with Crippen molar-refractivity contribution in [1.82, 2.24) is 0 Å². The Bertz CT molecular complexity index is 458. The molecule has 0 amide bonds. The number of nitrogens with two attached hydrogens (primary N) is 1. The first kappa shape index (κ1) is 13.1. The molecule has 1 aromatic carbocycles. The van der Waals surface area contributed by atoms with Gasteiger partial charge in [-0.15, -0.1) is 0 Å². The number of hydrogen-bond donors (Lipinski definition) is 1. The van der Waals surface area contributed by atoms with Crippen LogP contribution in [0.25, 0.3) is 0 Å². The maximum atomic E-state index is 6.42. The first-order valence-electron chi connectivity index (χ1n) is 7.10. The molecule has 19 heavy (non-hydrogen) atoms. The largest absolute Gasteiger partial charge is 0.486 e. The Morgan fingerprint density at radius 1 is 1.05 bits per heavy atom. The molecule has 0 bridgehead atoms. The number of hydrogen-bond acceptors (Lipinski definition) is 3. The van der Waals surface area contributed by atoms with Gasteiger partial charge < -0.3 is 15.2 Å². The number of rotatable bonds is 2. The van der Waals surface area contributed by atoms with E-state index in [2.05, 4.69) is 0 Å². The van der Waals surface area contributed by atoms with Crippen molar-refractivity contribution < 1.29 is 9.47 Å². The lowest BCUT2D eigenvalue weighted by molar-refractivity contribution is 0.171. The van der Waals surface area contributed by atoms with Crippen molar-refractivity contribution in [2.45, 2.75) is 38.1 Å². The van der Waals surface area contributed by atoms with Crippen LogP contribution >= 0.6 is 11.6 Å². The van der Waals surface area contributed by atoms with E-state index in [1.807, 2.05) is 12.1 Å². The van der Waals surface area contributed by atoms with Gasteiger partial charge in [-0.05, 0) is 30.4 Å². The van der Waals surface area contributed by atoms with Crippen LogP contribution in [0.4, 0.5) is 0 Å².